The number of ether oxygens (including phenoxy) is 1. The van der Waals surface area contributed by atoms with Crippen molar-refractivity contribution in [1.29, 1.82) is 0 Å². The van der Waals surface area contributed by atoms with E-state index in [0.717, 1.165) is 6.26 Å². The maximum atomic E-state index is 11.2. The molecule has 5 nitrogen and oxygen atoms in total. The zero-order valence-electron chi connectivity index (χ0n) is 8.35. The average Bonchev–Trinajstić information content (AvgIpc) is 2.15. The summed E-state index contributed by atoms with van der Waals surface area (Å²) in [6.45, 7) is 0. The monoisotopic (exact) mass is 229 g/mol. The van der Waals surface area contributed by atoms with Crippen molar-refractivity contribution in [2.75, 3.05) is 13.4 Å². The van der Waals surface area contributed by atoms with Crippen molar-refractivity contribution < 1.29 is 17.9 Å². The Balaban J connectivity index is 3.38. The van der Waals surface area contributed by atoms with Gasteiger partial charge in [-0.3, -0.25) is 4.79 Å². The highest BCUT2D eigenvalue weighted by atomic mass is 32.2. The smallest absolute Gasteiger partial charge is 0.252 e. The molecular formula is C9H11NO4S. The third-order valence-corrected chi connectivity index (χ3v) is 2.98. The van der Waals surface area contributed by atoms with Gasteiger partial charge in [-0.2, -0.15) is 0 Å². The van der Waals surface area contributed by atoms with Gasteiger partial charge in [-0.05, 0) is 18.2 Å². The number of hydrogen-bond acceptors (Lipinski definition) is 4. The largest absolute Gasteiger partial charge is 0.496 e. The molecule has 1 amide bonds. The summed E-state index contributed by atoms with van der Waals surface area (Å²) in [5.41, 5.74) is 5.24. The topological polar surface area (TPSA) is 86.5 Å². The first kappa shape index (κ1) is 11.5. The Kier molecular flexibility index (Phi) is 2.99. The van der Waals surface area contributed by atoms with E-state index in [2.05, 4.69) is 0 Å². The molecule has 15 heavy (non-hydrogen) atoms. The van der Waals surface area contributed by atoms with Crippen LogP contribution in [0.2, 0.25) is 0 Å². The summed E-state index contributed by atoms with van der Waals surface area (Å²) in [7, 11) is -1.97. The highest BCUT2D eigenvalue weighted by Gasteiger charge is 2.13. The molecule has 0 aliphatic carbocycles. The fourth-order valence-electron chi connectivity index (χ4n) is 1.11. The van der Waals surface area contributed by atoms with Crippen molar-refractivity contribution in [2.24, 2.45) is 5.73 Å². The molecule has 6 heteroatoms. The molecule has 0 heterocycles. The van der Waals surface area contributed by atoms with E-state index in [1.807, 2.05) is 0 Å². The first-order valence-electron chi connectivity index (χ1n) is 4.04. The Morgan fingerprint density at radius 1 is 1.40 bits per heavy atom. The SMILES string of the molecule is COc1cc(S(C)(=O)=O)ccc1C(N)=O. The molecule has 0 saturated heterocycles. The van der Waals surface area contributed by atoms with Gasteiger partial charge in [0.25, 0.3) is 5.91 Å². The Morgan fingerprint density at radius 2 is 2.00 bits per heavy atom. The summed E-state index contributed by atoms with van der Waals surface area (Å²) in [5.74, 6) is -0.502. The number of carbonyl (C=O) groups excluding carboxylic acids is 1. The number of rotatable bonds is 3. The second-order valence-corrected chi connectivity index (χ2v) is 5.01. The average molecular weight is 229 g/mol. The number of carbonyl (C=O) groups is 1. The van der Waals surface area contributed by atoms with Gasteiger partial charge >= 0.3 is 0 Å². The lowest BCUT2D eigenvalue weighted by Gasteiger charge is -2.06. The predicted molar refractivity (Wildman–Crippen MR) is 54.6 cm³/mol. The maximum absolute atomic E-state index is 11.2. The molecule has 0 atom stereocenters. The van der Waals surface area contributed by atoms with Crippen molar-refractivity contribution in [2.45, 2.75) is 4.90 Å². The first-order chi connectivity index (χ1) is 6.86. The molecule has 0 saturated carbocycles. The van der Waals surface area contributed by atoms with Crippen LogP contribution >= 0.6 is 0 Å². The van der Waals surface area contributed by atoms with Gasteiger partial charge in [0.2, 0.25) is 0 Å². The molecule has 0 aromatic heterocycles. The Morgan fingerprint density at radius 3 is 2.40 bits per heavy atom. The van der Waals surface area contributed by atoms with Crippen LogP contribution in [0, 0.1) is 0 Å². The highest BCUT2D eigenvalue weighted by Crippen LogP contribution is 2.22. The summed E-state index contributed by atoms with van der Waals surface area (Å²) >= 11 is 0. The van der Waals surface area contributed by atoms with Crippen molar-refractivity contribution in [3.8, 4) is 5.75 Å². The van der Waals surface area contributed by atoms with E-state index < -0.39 is 15.7 Å². The van der Waals surface area contributed by atoms with E-state index in [4.69, 9.17) is 10.5 Å². The lowest BCUT2D eigenvalue weighted by atomic mass is 10.2. The van der Waals surface area contributed by atoms with E-state index in [0.29, 0.717) is 0 Å². The summed E-state index contributed by atoms with van der Waals surface area (Å²) in [6.07, 6.45) is 1.08. The molecule has 0 radical (unpaired) electrons. The molecule has 0 bridgehead atoms. The fourth-order valence-corrected chi connectivity index (χ4v) is 1.74. The molecule has 0 fully saturated rings. The summed E-state index contributed by atoms with van der Waals surface area (Å²) in [6, 6.07) is 3.92. The first-order valence-corrected chi connectivity index (χ1v) is 5.93. The molecule has 1 rings (SSSR count). The van der Waals surface area contributed by atoms with Crippen LogP contribution in [0.25, 0.3) is 0 Å². The number of methoxy groups -OCH3 is 1. The predicted octanol–water partition coefficient (Wildman–Crippen LogP) is 0.198. The van der Waals surface area contributed by atoms with Gasteiger partial charge in [0.05, 0.1) is 17.6 Å². The van der Waals surface area contributed by atoms with Gasteiger partial charge in [0.1, 0.15) is 5.75 Å². The summed E-state index contributed by atoms with van der Waals surface area (Å²) in [5, 5.41) is 0. The van der Waals surface area contributed by atoms with Crippen LogP contribution in [0.1, 0.15) is 10.4 Å². The summed E-state index contributed by atoms with van der Waals surface area (Å²) in [4.78, 5) is 11.0. The number of sulfone groups is 1. The highest BCUT2D eigenvalue weighted by molar-refractivity contribution is 7.90. The Labute approximate surface area is 87.8 Å². The molecule has 0 spiro atoms. The van der Waals surface area contributed by atoms with Gasteiger partial charge in [-0.15, -0.1) is 0 Å². The second kappa shape index (κ2) is 3.90. The molecular weight excluding hydrogens is 218 g/mol. The number of hydrogen-bond donors (Lipinski definition) is 1. The molecule has 0 unspecified atom stereocenters. The summed E-state index contributed by atoms with van der Waals surface area (Å²) < 4.78 is 27.3. The van der Waals surface area contributed by atoms with E-state index in [9.17, 15) is 13.2 Å². The van der Waals surface area contributed by atoms with Gasteiger partial charge in [-0.1, -0.05) is 0 Å². The molecule has 2 N–H and O–H groups in total. The van der Waals surface area contributed by atoms with E-state index >= 15 is 0 Å². The number of amides is 1. The van der Waals surface area contributed by atoms with Crippen LogP contribution in [-0.4, -0.2) is 27.7 Å². The van der Waals surface area contributed by atoms with Gasteiger partial charge in [-0.25, -0.2) is 8.42 Å². The zero-order valence-corrected chi connectivity index (χ0v) is 9.17. The minimum atomic E-state index is -3.31. The zero-order chi connectivity index (χ0) is 11.6. The van der Waals surface area contributed by atoms with Gasteiger partial charge < -0.3 is 10.5 Å². The van der Waals surface area contributed by atoms with Crippen LogP contribution in [-0.2, 0) is 9.84 Å². The van der Waals surface area contributed by atoms with E-state index in [1.165, 1.54) is 25.3 Å². The number of primary amides is 1. The van der Waals surface area contributed by atoms with Crippen LogP contribution in [0.5, 0.6) is 5.75 Å². The normalized spacial score (nSPS) is 11.1. The van der Waals surface area contributed by atoms with Crippen LogP contribution in [0.4, 0.5) is 0 Å². The maximum Gasteiger partial charge on any atom is 0.252 e. The van der Waals surface area contributed by atoms with Crippen LogP contribution in [0.3, 0.4) is 0 Å². The molecule has 82 valence electrons. The quantitative estimate of drug-likeness (QED) is 0.802. The number of nitrogens with two attached hydrogens (primary N) is 1. The Hall–Kier alpha value is -1.56. The van der Waals surface area contributed by atoms with Crippen molar-refractivity contribution in [3.05, 3.63) is 23.8 Å². The Bertz CT molecular complexity index is 493. The minimum absolute atomic E-state index is 0.0874. The van der Waals surface area contributed by atoms with Crippen LogP contribution in [0.15, 0.2) is 23.1 Å². The van der Waals surface area contributed by atoms with Gasteiger partial charge in [0.15, 0.2) is 9.84 Å². The molecule has 1 aromatic rings. The fraction of sp³-hybridized carbons (Fsp3) is 0.222. The van der Waals surface area contributed by atoms with Crippen LogP contribution < -0.4 is 10.5 Å². The van der Waals surface area contributed by atoms with Crippen molar-refractivity contribution in [1.82, 2.24) is 0 Å². The third kappa shape index (κ3) is 2.47. The second-order valence-electron chi connectivity index (χ2n) is 3.00. The van der Waals surface area contributed by atoms with Crippen molar-refractivity contribution in [3.63, 3.8) is 0 Å². The lowest BCUT2D eigenvalue weighted by Crippen LogP contribution is -2.13. The van der Waals surface area contributed by atoms with Gasteiger partial charge in [0, 0.05) is 6.26 Å². The third-order valence-electron chi connectivity index (χ3n) is 1.87. The van der Waals surface area contributed by atoms with E-state index in [1.54, 1.807) is 0 Å². The molecule has 0 aliphatic heterocycles. The minimum Gasteiger partial charge on any atom is -0.496 e. The molecule has 0 aliphatic rings. The number of benzene rings is 1. The van der Waals surface area contributed by atoms with Crippen molar-refractivity contribution >= 4 is 15.7 Å². The van der Waals surface area contributed by atoms with E-state index in [-0.39, 0.29) is 16.2 Å². The lowest BCUT2D eigenvalue weighted by molar-refractivity contribution is 0.0997. The molecule has 1 aromatic carbocycles. The standard InChI is InChI=1S/C9H11NO4S/c1-14-8-5-6(15(2,12)13)3-4-7(8)9(10)11/h3-5H,1-2H3,(H2,10,11).